The van der Waals surface area contributed by atoms with E-state index in [1.807, 2.05) is 68.4 Å². The van der Waals surface area contributed by atoms with Crippen LogP contribution in [0.5, 0.6) is 11.5 Å². The number of hydrogen-bond acceptors (Lipinski definition) is 5. The molecule has 0 aromatic heterocycles. The molecule has 4 rings (SSSR count). The molecular formula is C28H31N3O4. The van der Waals surface area contributed by atoms with Crippen molar-refractivity contribution in [1.82, 2.24) is 4.90 Å². The molecule has 0 unspecified atom stereocenters. The fourth-order valence-electron chi connectivity index (χ4n) is 3.95. The molecular weight excluding hydrogens is 442 g/mol. The maximum Gasteiger partial charge on any atom is 0.254 e. The van der Waals surface area contributed by atoms with Crippen LogP contribution in [-0.4, -0.2) is 36.6 Å². The van der Waals surface area contributed by atoms with Gasteiger partial charge in [-0.25, -0.2) is 0 Å². The highest BCUT2D eigenvalue weighted by Crippen LogP contribution is 2.33. The minimum absolute atomic E-state index is 0.0918. The lowest BCUT2D eigenvalue weighted by Gasteiger charge is -2.32. The molecule has 1 heterocycles. The first-order valence-electron chi connectivity index (χ1n) is 11.6. The summed E-state index contributed by atoms with van der Waals surface area (Å²) in [6.07, 6.45) is 0.296. The lowest BCUT2D eigenvalue weighted by molar-refractivity contribution is -0.115. The molecule has 0 saturated carbocycles. The molecule has 7 nitrogen and oxygen atoms in total. The number of carbonyl (C=O) groups is 2. The van der Waals surface area contributed by atoms with Gasteiger partial charge in [-0.15, -0.1) is 0 Å². The molecule has 3 aromatic carbocycles. The molecule has 0 spiro atoms. The quantitative estimate of drug-likeness (QED) is 0.485. The van der Waals surface area contributed by atoms with Crippen LogP contribution in [0.4, 0.5) is 5.69 Å². The number of amides is 2. The SMILES string of the molecule is CC(C)(CN)CN(Cc1cccc(NC(=O)Cc2ccccc2)c1)C(=O)c1ccc2c(c1)OCO2. The molecule has 0 saturated heterocycles. The Hall–Kier alpha value is -3.84. The minimum Gasteiger partial charge on any atom is -0.454 e. The first kappa shape index (κ1) is 24.3. The number of hydrogen-bond donors (Lipinski definition) is 2. The molecule has 0 radical (unpaired) electrons. The highest BCUT2D eigenvalue weighted by molar-refractivity contribution is 5.95. The van der Waals surface area contributed by atoms with Crippen LogP contribution in [0.3, 0.4) is 0 Å². The fraction of sp³-hybridized carbons (Fsp3) is 0.286. The normalized spacial score (nSPS) is 12.3. The van der Waals surface area contributed by atoms with Gasteiger partial charge in [-0.2, -0.15) is 0 Å². The van der Waals surface area contributed by atoms with Gasteiger partial charge in [0.1, 0.15) is 0 Å². The largest absolute Gasteiger partial charge is 0.454 e. The zero-order valence-electron chi connectivity index (χ0n) is 20.1. The van der Waals surface area contributed by atoms with E-state index in [0.29, 0.717) is 48.8 Å². The summed E-state index contributed by atoms with van der Waals surface area (Å²) in [4.78, 5) is 27.8. The number of ether oxygens (including phenoxy) is 2. The first-order chi connectivity index (χ1) is 16.8. The van der Waals surface area contributed by atoms with Gasteiger partial charge in [-0.1, -0.05) is 56.3 Å². The fourth-order valence-corrected chi connectivity index (χ4v) is 3.95. The summed E-state index contributed by atoms with van der Waals surface area (Å²) in [6, 6.07) is 22.4. The maximum atomic E-state index is 13.5. The van der Waals surface area contributed by atoms with Crippen molar-refractivity contribution < 1.29 is 19.1 Å². The summed E-state index contributed by atoms with van der Waals surface area (Å²) >= 11 is 0. The van der Waals surface area contributed by atoms with Crippen LogP contribution in [0.2, 0.25) is 0 Å². The second-order valence-corrected chi connectivity index (χ2v) is 9.51. The van der Waals surface area contributed by atoms with Gasteiger partial charge < -0.3 is 25.4 Å². The van der Waals surface area contributed by atoms with Crippen molar-refractivity contribution in [3.8, 4) is 11.5 Å². The molecule has 3 aromatic rings. The average Bonchev–Trinajstić information content (AvgIpc) is 3.32. The van der Waals surface area contributed by atoms with Crippen LogP contribution < -0.4 is 20.5 Å². The number of benzene rings is 3. The Balaban J connectivity index is 1.50. The van der Waals surface area contributed by atoms with E-state index in [0.717, 1.165) is 11.1 Å². The number of nitrogens with one attached hydrogen (secondary N) is 1. The lowest BCUT2D eigenvalue weighted by atomic mass is 9.92. The number of anilines is 1. The zero-order valence-corrected chi connectivity index (χ0v) is 20.1. The Bertz CT molecular complexity index is 1190. The van der Waals surface area contributed by atoms with Gasteiger partial charge in [0, 0.05) is 24.3 Å². The molecule has 1 aliphatic rings. The molecule has 0 bridgehead atoms. The summed E-state index contributed by atoms with van der Waals surface area (Å²) in [6.45, 7) is 5.51. The van der Waals surface area contributed by atoms with E-state index in [4.69, 9.17) is 15.2 Å². The zero-order chi connectivity index (χ0) is 24.8. The van der Waals surface area contributed by atoms with Crippen molar-refractivity contribution in [3.05, 3.63) is 89.5 Å². The topological polar surface area (TPSA) is 93.9 Å². The van der Waals surface area contributed by atoms with Gasteiger partial charge >= 0.3 is 0 Å². The standard InChI is InChI=1S/C28H31N3O4/c1-28(2,17-29)18-31(27(33)22-11-12-24-25(15-22)35-19-34-24)16-21-9-6-10-23(13-21)30-26(32)14-20-7-4-3-5-8-20/h3-13,15H,14,16-19,29H2,1-2H3,(H,30,32). The van der Waals surface area contributed by atoms with Crippen LogP contribution >= 0.6 is 0 Å². The van der Waals surface area contributed by atoms with Crippen LogP contribution in [0.1, 0.15) is 35.3 Å². The average molecular weight is 474 g/mol. The van der Waals surface area contributed by atoms with E-state index in [1.54, 1.807) is 23.1 Å². The molecule has 2 amide bonds. The molecule has 7 heteroatoms. The molecule has 1 aliphatic heterocycles. The van der Waals surface area contributed by atoms with E-state index in [1.165, 1.54) is 0 Å². The summed E-state index contributed by atoms with van der Waals surface area (Å²) < 4.78 is 10.8. The van der Waals surface area contributed by atoms with Gasteiger partial charge in [0.2, 0.25) is 12.7 Å². The Kier molecular flexibility index (Phi) is 7.36. The minimum atomic E-state index is -0.270. The summed E-state index contributed by atoms with van der Waals surface area (Å²) in [5.74, 6) is 0.987. The van der Waals surface area contributed by atoms with E-state index < -0.39 is 0 Å². The van der Waals surface area contributed by atoms with Gasteiger partial charge in [0.25, 0.3) is 5.91 Å². The van der Waals surface area contributed by atoms with Crippen molar-refractivity contribution >= 4 is 17.5 Å². The Morgan fingerprint density at radius 2 is 1.69 bits per heavy atom. The van der Waals surface area contributed by atoms with Crippen molar-refractivity contribution in [1.29, 1.82) is 0 Å². The Labute approximate surface area is 205 Å². The third kappa shape index (κ3) is 6.39. The van der Waals surface area contributed by atoms with Crippen molar-refractivity contribution in [3.63, 3.8) is 0 Å². The van der Waals surface area contributed by atoms with Crippen LogP contribution in [0.25, 0.3) is 0 Å². The molecule has 0 fully saturated rings. The van der Waals surface area contributed by atoms with Gasteiger partial charge in [-0.05, 0) is 53.4 Å². The molecule has 182 valence electrons. The van der Waals surface area contributed by atoms with Crippen LogP contribution in [-0.2, 0) is 17.8 Å². The number of rotatable bonds is 9. The van der Waals surface area contributed by atoms with Gasteiger partial charge in [0.15, 0.2) is 11.5 Å². The smallest absolute Gasteiger partial charge is 0.254 e. The van der Waals surface area contributed by atoms with Crippen LogP contribution in [0.15, 0.2) is 72.8 Å². The lowest BCUT2D eigenvalue weighted by Crippen LogP contribution is -2.41. The van der Waals surface area contributed by atoms with Gasteiger partial charge in [-0.3, -0.25) is 9.59 Å². The van der Waals surface area contributed by atoms with Crippen molar-refractivity contribution in [2.24, 2.45) is 11.1 Å². The van der Waals surface area contributed by atoms with Crippen LogP contribution in [0, 0.1) is 5.41 Å². The third-order valence-corrected chi connectivity index (χ3v) is 5.87. The van der Waals surface area contributed by atoms with E-state index in [-0.39, 0.29) is 24.0 Å². The molecule has 3 N–H and O–H groups in total. The second-order valence-electron chi connectivity index (χ2n) is 9.51. The van der Waals surface area contributed by atoms with E-state index in [9.17, 15) is 9.59 Å². The number of fused-ring (bicyclic) bond motifs is 1. The third-order valence-electron chi connectivity index (χ3n) is 5.87. The van der Waals surface area contributed by atoms with Crippen molar-refractivity contribution in [2.75, 3.05) is 25.2 Å². The monoisotopic (exact) mass is 473 g/mol. The highest BCUT2D eigenvalue weighted by Gasteiger charge is 2.26. The summed E-state index contributed by atoms with van der Waals surface area (Å²) in [5, 5.41) is 2.96. The summed E-state index contributed by atoms with van der Waals surface area (Å²) in [7, 11) is 0. The molecule has 35 heavy (non-hydrogen) atoms. The number of carbonyl (C=O) groups excluding carboxylic acids is 2. The predicted octanol–water partition coefficient (Wildman–Crippen LogP) is 4.22. The number of nitrogens with two attached hydrogens (primary N) is 1. The molecule has 0 atom stereocenters. The van der Waals surface area contributed by atoms with Gasteiger partial charge in [0.05, 0.1) is 6.42 Å². The highest BCUT2D eigenvalue weighted by atomic mass is 16.7. The second kappa shape index (κ2) is 10.6. The number of nitrogens with zero attached hydrogens (tertiary/aromatic N) is 1. The first-order valence-corrected chi connectivity index (χ1v) is 11.6. The predicted molar refractivity (Wildman–Crippen MR) is 135 cm³/mol. The maximum absolute atomic E-state index is 13.5. The summed E-state index contributed by atoms with van der Waals surface area (Å²) in [5.41, 5.74) is 8.78. The Morgan fingerprint density at radius 3 is 2.46 bits per heavy atom. The van der Waals surface area contributed by atoms with E-state index >= 15 is 0 Å². The van der Waals surface area contributed by atoms with E-state index in [2.05, 4.69) is 5.32 Å². The van der Waals surface area contributed by atoms with Crippen molar-refractivity contribution in [2.45, 2.75) is 26.8 Å². The Morgan fingerprint density at radius 1 is 0.943 bits per heavy atom. The molecule has 0 aliphatic carbocycles.